The summed E-state index contributed by atoms with van der Waals surface area (Å²) in [4.78, 5) is 4.70. The highest BCUT2D eigenvalue weighted by Gasteiger charge is 2.15. The summed E-state index contributed by atoms with van der Waals surface area (Å²) in [6.07, 6.45) is 1.96. The largest absolute Gasteiger partial charge is 0.383 e. The van der Waals surface area contributed by atoms with Gasteiger partial charge in [-0.3, -0.25) is 4.40 Å². The first-order valence-electron chi connectivity index (χ1n) is 6.14. The summed E-state index contributed by atoms with van der Waals surface area (Å²) in [5.74, 6) is 0.612. The van der Waals surface area contributed by atoms with Crippen LogP contribution in [0.1, 0.15) is 0 Å². The van der Waals surface area contributed by atoms with Crippen LogP contribution in [0.15, 0.2) is 48.0 Å². The van der Waals surface area contributed by atoms with Crippen molar-refractivity contribution in [2.75, 3.05) is 5.73 Å². The van der Waals surface area contributed by atoms with Crippen LogP contribution in [0.2, 0.25) is 5.02 Å². The number of imidazole rings is 1. The van der Waals surface area contributed by atoms with Gasteiger partial charge in [0.1, 0.15) is 17.2 Å². The Labute approximate surface area is 124 Å². The van der Waals surface area contributed by atoms with Crippen LogP contribution in [0.3, 0.4) is 0 Å². The molecule has 0 saturated heterocycles. The maximum absolute atomic E-state index is 6.25. The van der Waals surface area contributed by atoms with E-state index in [4.69, 9.17) is 22.3 Å². The number of nitrogens with zero attached hydrogens (tertiary/aromatic N) is 2. The zero-order chi connectivity index (χ0) is 13.7. The minimum atomic E-state index is 0.612. The van der Waals surface area contributed by atoms with Crippen LogP contribution in [0.4, 0.5) is 5.82 Å². The van der Waals surface area contributed by atoms with E-state index in [0.717, 1.165) is 22.3 Å². The Hall–Kier alpha value is -2.04. The van der Waals surface area contributed by atoms with Crippen LogP contribution < -0.4 is 5.73 Å². The quantitative estimate of drug-likeness (QED) is 0.564. The second-order valence-corrected chi connectivity index (χ2v) is 5.89. The van der Waals surface area contributed by atoms with Gasteiger partial charge >= 0.3 is 0 Å². The van der Waals surface area contributed by atoms with E-state index in [2.05, 4.69) is 17.5 Å². The highest BCUT2D eigenvalue weighted by atomic mass is 35.5. The van der Waals surface area contributed by atoms with Gasteiger partial charge in [-0.1, -0.05) is 29.8 Å². The standard InChI is InChI=1S/C15H10ClN3S/c16-11-4-2-1-3-9(11)13-14(17)19-7-5-12-10(6-8-20-12)15(19)18-13/h1-8H,17H2. The maximum Gasteiger partial charge on any atom is 0.147 e. The highest BCUT2D eigenvalue weighted by molar-refractivity contribution is 7.17. The third kappa shape index (κ3) is 1.55. The van der Waals surface area contributed by atoms with Gasteiger partial charge in [-0.2, -0.15) is 0 Å². The van der Waals surface area contributed by atoms with Crippen molar-refractivity contribution in [1.29, 1.82) is 0 Å². The fourth-order valence-corrected chi connectivity index (χ4v) is 3.42. The van der Waals surface area contributed by atoms with Gasteiger partial charge in [-0.25, -0.2) is 4.98 Å². The van der Waals surface area contributed by atoms with Gasteiger partial charge in [0.05, 0.1) is 5.02 Å². The van der Waals surface area contributed by atoms with Crippen molar-refractivity contribution in [2.24, 2.45) is 0 Å². The van der Waals surface area contributed by atoms with E-state index in [9.17, 15) is 0 Å². The van der Waals surface area contributed by atoms with E-state index in [-0.39, 0.29) is 0 Å². The molecule has 0 atom stereocenters. The van der Waals surface area contributed by atoms with Crippen LogP contribution >= 0.6 is 22.9 Å². The molecule has 98 valence electrons. The van der Waals surface area contributed by atoms with Gasteiger partial charge in [-0.15, -0.1) is 11.3 Å². The van der Waals surface area contributed by atoms with Crippen molar-refractivity contribution < 1.29 is 0 Å². The summed E-state index contributed by atoms with van der Waals surface area (Å²) < 4.78 is 3.11. The number of pyridine rings is 1. The molecule has 3 aromatic heterocycles. The molecule has 0 aliphatic heterocycles. The molecule has 0 unspecified atom stereocenters. The number of hydrogen-bond donors (Lipinski definition) is 1. The molecule has 4 rings (SSSR count). The molecule has 0 fully saturated rings. The van der Waals surface area contributed by atoms with E-state index in [0.29, 0.717) is 10.8 Å². The van der Waals surface area contributed by atoms with Crippen LogP contribution in [0, 0.1) is 0 Å². The molecule has 0 saturated carbocycles. The first-order valence-corrected chi connectivity index (χ1v) is 7.40. The molecule has 2 N–H and O–H groups in total. The van der Waals surface area contributed by atoms with Gasteiger partial charge in [-0.05, 0) is 23.6 Å². The Morgan fingerprint density at radius 3 is 2.85 bits per heavy atom. The number of hydrogen-bond acceptors (Lipinski definition) is 3. The average Bonchev–Trinajstić information content (AvgIpc) is 3.04. The summed E-state index contributed by atoms with van der Waals surface area (Å²) in [6, 6.07) is 11.7. The van der Waals surface area contributed by atoms with E-state index in [1.807, 2.05) is 34.9 Å². The SMILES string of the molecule is Nc1c(-c2ccccc2Cl)nc2c3ccsc3ccn12. The number of benzene rings is 1. The number of rotatable bonds is 1. The van der Waals surface area contributed by atoms with Crippen molar-refractivity contribution >= 4 is 44.5 Å². The minimum Gasteiger partial charge on any atom is -0.383 e. The smallest absolute Gasteiger partial charge is 0.147 e. The number of fused-ring (bicyclic) bond motifs is 3. The van der Waals surface area contributed by atoms with E-state index >= 15 is 0 Å². The van der Waals surface area contributed by atoms with Crippen LogP contribution in [-0.4, -0.2) is 9.38 Å². The lowest BCUT2D eigenvalue weighted by molar-refractivity contribution is 1.21. The molecule has 0 radical (unpaired) electrons. The minimum absolute atomic E-state index is 0.612. The van der Waals surface area contributed by atoms with E-state index in [1.165, 1.54) is 4.70 Å². The molecule has 20 heavy (non-hydrogen) atoms. The van der Waals surface area contributed by atoms with Crippen molar-refractivity contribution in [3.63, 3.8) is 0 Å². The number of nitrogens with two attached hydrogens (primary N) is 1. The molecule has 0 amide bonds. The number of thiophene rings is 1. The fourth-order valence-electron chi connectivity index (χ4n) is 2.41. The maximum atomic E-state index is 6.25. The summed E-state index contributed by atoms with van der Waals surface area (Å²) in [7, 11) is 0. The fraction of sp³-hybridized carbons (Fsp3) is 0. The molecule has 0 aliphatic rings. The second kappa shape index (κ2) is 4.23. The summed E-state index contributed by atoms with van der Waals surface area (Å²) in [6.45, 7) is 0. The molecular weight excluding hydrogens is 290 g/mol. The molecule has 0 bridgehead atoms. The van der Waals surface area contributed by atoms with Crippen molar-refractivity contribution in [3.8, 4) is 11.3 Å². The van der Waals surface area contributed by atoms with Crippen molar-refractivity contribution in [3.05, 3.63) is 53.0 Å². The van der Waals surface area contributed by atoms with Gasteiger partial charge in [0.25, 0.3) is 0 Å². The summed E-state index contributed by atoms with van der Waals surface area (Å²) >= 11 is 7.95. The Morgan fingerprint density at radius 1 is 1.15 bits per heavy atom. The molecule has 0 aliphatic carbocycles. The molecule has 4 aromatic rings. The number of nitrogen functional groups attached to an aromatic ring is 1. The summed E-state index contributed by atoms with van der Waals surface area (Å²) in [5, 5.41) is 3.83. The van der Waals surface area contributed by atoms with E-state index < -0.39 is 0 Å². The zero-order valence-electron chi connectivity index (χ0n) is 10.4. The Kier molecular flexibility index (Phi) is 2.49. The molecule has 3 heterocycles. The average molecular weight is 300 g/mol. The van der Waals surface area contributed by atoms with Crippen molar-refractivity contribution in [1.82, 2.24) is 9.38 Å². The first-order chi connectivity index (χ1) is 9.75. The molecule has 0 spiro atoms. The van der Waals surface area contributed by atoms with Gasteiger partial charge in [0.2, 0.25) is 0 Å². The van der Waals surface area contributed by atoms with Crippen molar-refractivity contribution in [2.45, 2.75) is 0 Å². The van der Waals surface area contributed by atoms with Gasteiger partial charge in [0.15, 0.2) is 0 Å². The normalized spacial score (nSPS) is 11.4. The van der Waals surface area contributed by atoms with Crippen LogP contribution in [0.5, 0.6) is 0 Å². The molecule has 3 nitrogen and oxygen atoms in total. The molecule has 5 heteroatoms. The lowest BCUT2D eigenvalue weighted by atomic mass is 10.1. The summed E-state index contributed by atoms with van der Waals surface area (Å²) in [5.41, 5.74) is 8.71. The Morgan fingerprint density at radius 2 is 2.00 bits per heavy atom. The Bertz CT molecular complexity index is 939. The Balaban J connectivity index is 2.11. The van der Waals surface area contributed by atoms with Gasteiger partial charge in [0, 0.05) is 21.8 Å². The first kappa shape index (κ1) is 11.8. The lowest BCUT2D eigenvalue weighted by Crippen LogP contribution is -1.93. The highest BCUT2D eigenvalue weighted by Crippen LogP contribution is 2.34. The molecule has 1 aromatic carbocycles. The zero-order valence-corrected chi connectivity index (χ0v) is 11.9. The monoisotopic (exact) mass is 299 g/mol. The van der Waals surface area contributed by atoms with Crippen LogP contribution in [-0.2, 0) is 0 Å². The lowest BCUT2D eigenvalue weighted by Gasteiger charge is -2.01. The second-order valence-electron chi connectivity index (χ2n) is 4.53. The van der Waals surface area contributed by atoms with Crippen LogP contribution in [0.25, 0.3) is 27.0 Å². The number of aromatic nitrogens is 2. The third-order valence-electron chi connectivity index (χ3n) is 3.39. The third-order valence-corrected chi connectivity index (χ3v) is 4.60. The molecular formula is C15H10ClN3S. The predicted molar refractivity (Wildman–Crippen MR) is 85.4 cm³/mol. The van der Waals surface area contributed by atoms with E-state index in [1.54, 1.807) is 11.3 Å². The van der Waals surface area contributed by atoms with Gasteiger partial charge < -0.3 is 5.73 Å². The number of anilines is 1. The predicted octanol–water partition coefficient (Wildman–Crippen LogP) is 4.45. The topological polar surface area (TPSA) is 43.3 Å². The number of halogens is 1.